The highest BCUT2D eigenvalue weighted by atomic mass is 35.5. The van der Waals surface area contributed by atoms with E-state index in [-0.39, 0.29) is 16.3 Å². The third kappa shape index (κ3) is 4.79. The van der Waals surface area contributed by atoms with Crippen molar-refractivity contribution in [2.75, 3.05) is 19.5 Å². The zero-order valence-electron chi connectivity index (χ0n) is 15.3. The molecule has 0 aliphatic rings. The summed E-state index contributed by atoms with van der Waals surface area (Å²) in [6.45, 7) is 0. The van der Waals surface area contributed by atoms with Crippen molar-refractivity contribution in [2.45, 2.75) is 0 Å². The van der Waals surface area contributed by atoms with Gasteiger partial charge in [0.2, 0.25) is 0 Å². The fourth-order valence-electron chi connectivity index (χ4n) is 2.34. The summed E-state index contributed by atoms with van der Waals surface area (Å²) in [5.41, 5.74) is 0.879. The smallest absolute Gasteiger partial charge is 0.269 e. The second kappa shape index (κ2) is 9.13. The number of rotatable bonds is 6. The van der Waals surface area contributed by atoms with E-state index in [1.165, 1.54) is 19.6 Å². The largest absolute Gasteiger partial charge is 0.504 e. The number of benzene rings is 2. The highest BCUT2D eigenvalue weighted by Gasteiger charge is 2.19. The van der Waals surface area contributed by atoms with Gasteiger partial charge in [-0.3, -0.25) is 4.79 Å². The number of nitrogens with zero attached hydrogens (tertiary/aromatic N) is 2. The van der Waals surface area contributed by atoms with Gasteiger partial charge >= 0.3 is 0 Å². The number of amides is 1. The minimum absolute atomic E-state index is 0.0704. The molecule has 0 saturated carbocycles. The maximum Gasteiger partial charge on any atom is 0.269 e. The SMILES string of the molecule is COc1ccc(OC)c(NC(=O)c2scc(N=Nc3cc(Cl)ccc3Cl)c2O)c1. The summed E-state index contributed by atoms with van der Waals surface area (Å²) < 4.78 is 10.4. The van der Waals surface area contributed by atoms with E-state index in [1.807, 2.05) is 0 Å². The number of methoxy groups -OCH3 is 2. The van der Waals surface area contributed by atoms with Crippen molar-refractivity contribution in [3.63, 3.8) is 0 Å². The molecule has 2 N–H and O–H groups in total. The van der Waals surface area contributed by atoms with Crippen LogP contribution in [0.15, 0.2) is 52.0 Å². The first kappa shape index (κ1) is 20.9. The number of nitrogens with one attached hydrogen (secondary N) is 1. The summed E-state index contributed by atoms with van der Waals surface area (Å²) in [5, 5.41) is 23.4. The van der Waals surface area contributed by atoms with Gasteiger partial charge in [-0.15, -0.1) is 21.6 Å². The van der Waals surface area contributed by atoms with Crippen molar-refractivity contribution in [3.05, 3.63) is 56.7 Å². The molecule has 0 saturated heterocycles. The summed E-state index contributed by atoms with van der Waals surface area (Å²) >= 11 is 13.0. The molecule has 150 valence electrons. The first-order valence-electron chi connectivity index (χ1n) is 8.13. The molecule has 1 amide bonds. The lowest BCUT2D eigenvalue weighted by atomic mass is 10.2. The van der Waals surface area contributed by atoms with E-state index >= 15 is 0 Å². The molecule has 0 atom stereocenters. The molecule has 0 fully saturated rings. The molecular weight excluding hydrogens is 437 g/mol. The molecule has 0 aliphatic carbocycles. The number of hydrogen-bond acceptors (Lipinski definition) is 7. The minimum Gasteiger partial charge on any atom is -0.504 e. The lowest BCUT2D eigenvalue weighted by Gasteiger charge is -2.11. The molecule has 3 rings (SSSR count). The molecule has 1 heterocycles. The van der Waals surface area contributed by atoms with Gasteiger partial charge in [-0.05, 0) is 30.3 Å². The van der Waals surface area contributed by atoms with Crippen molar-refractivity contribution in [2.24, 2.45) is 10.2 Å². The van der Waals surface area contributed by atoms with Crippen LogP contribution in [0.25, 0.3) is 0 Å². The third-order valence-electron chi connectivity index (χ3n) is 3.78. The summed E-state index contributed by atoms with van der Waals surface area (Å²) in [4.78, 5) is 12.7. The minimum atomic E-state index is -0.527. The fraction of sp³-hybridized carbons (Fsp3) is 0.105. The van der Waals surface area contributed by atoms with Crippen molar-refractivity contribution in [1.82, 2.24) is 0 Å². The maximum absolute atomic E-state index is 12.6. The van der Waals surface area contributed by atoms with Gasteiger partial charge in [0, 0.05) is 16.5 Å². The van der Waals surface area contributed by atoms with Gasteiger partial charge in [0.15, 0.2) is 5.75 Å². The standard InChI is InChI=1S/C19H15Cl2N3O4S/c1-27-11-4-6-16(28-2)14(8-11)22-19(26)18-17(25)15(9-29-18)24-23-13-7-10(20)3-5-12(13)21/h3-9,25H,1-2H3,(H,22,26). The van der Waals surface area contributed by atoms with E-state index in [2.05, 4.69) is 15.5 Å². The first-order valence-corrected chi connectivity index (χ1v) is 9.77. The van der Waals surface area contributed by atoms with E-state index in [0.717, 1.165) is 11.3 Å². The second-order valence-corrected chi connectivity index (χ2v) is 7.34. The number of hydrogen-bond donors (Lipinski definition) is 2. The van der Waals surface area contributed by atoms with Crippen LogP contribution in [-0.4, -0.2) is 25.2 Å². The van der Waals surface area contributed by atoms with E-state index < -0.39 is 5.91 Å². The normalized spacial score (nSPS) is 10.9. The highest BCUT2D eigenvalue weighted by molar-refractivity contribution is 7.13. The van der Waals surface area contributed by atoms with Crippen LogP contribution < -0.4 is 14.8 Å². The number of carbonyl (C=O) groups excluding carboxylic acids is 1. The second-order valence-electron chi connectivity index (χ2n) is 5.61. The topological polar surface area (TPSA) is 92.5 Å². The zero-order chi connectivity index (χ0) is 21.0. The molecule has 1 aromatic heterocycles. The average molecular weight is 452 g/mol. The Hall–Kier alpha value is -2.81. The van der Waals surface area contributed by atoms with Gasteiger partial charge in [-0.25, -0.2) is 0 Å². The average Bonchev–Trinajstić information content (AvgIpc) is 3.09. The number of azo groups is 1. The van der Waals surface area contributed by atoms with E-state index in [0.29, 0.717) is 32.9 Å². The number of carbonyl (C=O) groups is 1. The van der Waals surface area contributed by atoms with Gasteiger partial charge in [-0.1, -0.05) is 23.2 Å². The van der Waals surface area contributed by atoms with Gasteiger partial charge in [-0.2, -0.15) is 0 Å². The Balaban J connectivity index is 1.83. The van der Waals surface area contributed by atoms with Gasteiger partial charge in [0.1, 0.15) is 27.8 Å². The van der Waals surface area contributed by atoms with Crippen molar-refractivity contribution in [3.8, 4) is 17.2 Å². The van der Waals surface area contributed by atoms with Crippen LogP contribution in [0.5, 0.6) is 17.2 Å². The highest BCUT2D eigenvalue weighted by Crippen LogP contribution is 2.39. The number of halogens is 2. The lowest BCUT2D eigenvalue weighted by molar-refractivity contribution is 0.102. The van der Waals surface area contributed by atoms with Crippen LogP contribution in [0.4, 0.5) is 17.1 Å². The summed E-state index contributed by atoms with van der Waals surface area (Å²) in [7, 11) is 3.00. The van der Waals surface area contributed by atoms with Crippen molar-refractivity contribution >= 4 is 57.5 Å². The molecule has 3 aromatic rings. The summed E-state index contributed by atoms with van der Waals surface area (Å²) in [6.07, 6.45) is 0. The fourth-order valence-corrected chi connectivity index (χ4v) is 3.42. The van der Waals surface area contributed by atoms with Gasteiger partial charge < -0.3 is 19.9 Å². The van der Waals surface area contributed by atoms with Crippen LogP contribution in [0.3, 0.4) is 0 Å². The number of aromatic hydroxyl groups is 1. The maximum atomic E-state index is 12.6. The first-order chi connectivity index (χ1) is 13.9. The number of thiophene rings is 1. The monoisotopic (exact) mass is 451 g/mol. The number of anilines is 1. The molecular formula is C19H15Cl2N3O4S. The van der Waals surface area contributed by atoms with Crippen molar-refractivity contribution in [1.29, 1.82) is 0 Å². The quantitative estimate of drug-likeness (QED) is 0.421. The van der Waals surface area contributed by atoms with Crippen LogP contribution in [-0.2, 0) is 0 Å². The Morgan fingerprint density at radius 3 is 2.55 bits per heavy atom. The molecule has 10 heteroatoms. The molecule has 7 nitrogen and oxygen atoms in total. The molecule has 0 unspecified atom stereocenters. The molecule has 29 heavy (non-hydrogen) atoms. The van der Waals surface area contributed by atoms with Crippen LogP contribution in [0, 0.1) is 0 Å². The Kier molecular flexibility index (Phi) is 6.58. The molecule has 0 aliphatic heterocycles. The van der Waals surface area contributed by atoms with E-state index in [4.69, 9.17) is 32.7 Å². The Labute approximate surface area is 180 Å². The molecule has 0 radical (unpaired) electrons. The Morgan fingerprint density at radius 2 is 1.83 bits per heavy atom. The van der Waals surface area contributed by atoms with Gasteiger partial charge in [0.05, 0.1) is 24.9 Å². The van der Waals surface area contributed by atoms with Gasteiger partial charge in [0.25, 0.3) is 5.91 Å². The number of ether oxygens (including phenoxy) is 2. The third-order valence-corrected chi connectivity index (χ3v) is 5.29. The predicted octanol–water partition coefficient (Wildman–Crippen LogP) is 6.45. The molecule has 0 bridgehead atoms. The van der Waals surface area contributed by atoms with Crippen LogP contribution in [0.1, 0.15) is 9.67 Å². The van der Waals surface area contributed by atoms with E-state index in [1.54, 1.807) is 36.4 Å². The van der Waals surface area contributed by atoms with Crippen LogP contribution >= 0.6 is 34.5 Å². The summed E-state index contributed by atoms with van der Waals surface area (Å²) in [6, 6.07) is 9.74. The van der Waals surface area contributed by atoms with E-state index in [9.17, 15) is 9.90 Å². The molecule has 2 aromatic carbocycles. The van der Waals surface area contributed by atoms with Crippen LogP contribution in [0.2, 0.25) is 10.0 Å². The summed E-state index contributed by atoms with van der Waals surface area (Å²) in [5.74, 6) is 0.174. The zero-order valence-corrected chi connectivity index (χ0v) is 17.6. The predicted molar refractivity (Wildman–Crippen MR) is 114 cm³/mol. The molecule has 0 spiro atoms. The Bertz CT molecular complexity index is 1090. The Morgan fingerprint density at radius 1 is 1.07 bits per heavy atom. The lowest BCUT2D eigenvalue weighted by Crippen LogP contribution is -2.11. The van der Waals surface area contributed by atoms with Crippen molar-refractivity contribution < 1.29 is 19.4 Å².